The number of benzene rings is 1. The van der Waals surface area contributed by atoms with Crippen molar-refractivity contribution < 1.29 is 19.1 Å². The fourth-order valence-electron chi connectivity index (χ4n) is 2.22. The van der Waals surface area contributed by atoms with Crippen molar-refractivity contribution >= 4 is 12.2 Å². The summed E-state index contributed by atoms with van der Waals surface area (Å²) in [7, 11) is 0. The molecule has 0 fully saturated rings. The number of amides is 1. The summed E-state index contributed by atoms with van der Waals surface area (Å²) >= 11 is 0. The molecular formula is C14H17NO4. The first-order valence-electron chi connectivity index (χ1n) is 6.08. The zero-order valence-electron chi connectivity index (χ0n) is 11.3. The third kappa shape index (κ3) is 2.70. The first-order chi connectivity index (χ1) is 8.94. The van der Waals surface area contributed by atoms with Crippen LogP contribution in [0.5, 0.6) is 11.5 Å². The number of aryl methyl sites for hydroxylation is 1. The summed E-state index contributed by atoms with van der Waals surface area (Å²) in [6, 6.07) is 3.87. The van der Waals surface area contributed by atoms with Crippen molar-refractivity contribution in [3.63, 3.8) is 0 Å². The van der Waals surface area contributed by atoms with Crippen molar-refractivity contribution in [1.29, 1.82) is 0 Å². The molecule has 1 N–H and O–H groups in total. The van der Waals surface area contributed by atoms with Crippen LogP contribution in [0.4, 0.5) is 0 Å². The molecule has 0 radical (unpaired) electrons. The first kappa shape index (κ1) is 13.4. The lowest BCUT2D eigenvalue weighted by Gasteiger charge is -2.27. The quantitative estimate of drug-likeness (QED) is 0.657. The number of hydrogen-bond donors (Lipinski definition) is 1. The molecule has 19 heavy (non-hydrogen) atoms. The van der Waals surface area contributed by atoms with E-state index in [1.54, 1.807) is 0 Å². The van der Waals surface area contributed by atoms with E-state index < -0.39 is 5.91 Å². The van der Waals surface area contributed by atoms with Crippen LogP contribution in [0.15, 0.2) is 12.1 Å². The third-order valence-corrected chi connectivity index (χ3v) is 3.26. The molecule has 1 heterocycles. The van der Waals surface area contributed by atoms with Gasteiger partial charge < -0.3 is 14.8 Å². The third-order valence-electron chi connectivity index (χ3n) is 3.26. The van der Waals surface area contributed by atoms with Gasteiger partial charge in [-0.3, -0.25) is 9.59 Å². The minimum absolute atomic E-state index is 0.237. The second-order valence-corrected chi connectivity index (χ2v) is 5.24. The normalized spacial score (nSPS) is 13.2. The van der Waals surface area contributed by atoms with Gasteiger partial charge in [0.2, 0.25) is 13.1 Å². The van der Waals surface area contributed by atoms with Crippen LogP contribution in [-0.2, 0) is 15.0 Å². The Morgan fingerprint density at radius 3 is 2.63 bits per heavy atom. The summed E-state index contributed by atoms with van der Waals surface area (Å²) in [5, 5.41) is 2.59. The molecule has 0 aromatic heterocycles. The molecule has 0 aliphatic carbocycles. The minimum Gasteiger partial charge on any atom is -0.454 e. The monoisotopic (exact) mass is 263 g/mol. The molecule has 102 valence electrons. The van der Waals surface area contributed by atoms with Crippen molar-refractivity contribution in [2.75, 3.05) is 13.3 Å². The van der Waals surface area contributed by atoms with Crippen LogP contribution in [0.25, 0.3) is 0 Å². The molecule has 0 saturated carbocycles. The molecule has 1 aromatic carbocycles. The van der Waals surface area contributed by atoms with Crippen LogP contribution < -0.4 is 14.8 Å². The molecule has 1 amide bonds. The minimum atomic E-state index is -0.605. The molecule has 0 spiro atoms. The van der Waals surface area contributed by atoms with E-state index in [0.717, 1.165) is 22.6 Å². The Bertz CT molecular complexity index is 522. The first-order valence-corrected chi connectivity index (χ1v) is 6.08. The van der Waals surface area contributed by atoms with Gasteiger partial charge in [-0.25, -0.2) is 0 Å². The number of rotatable bonds is 4. The largest absolute Gasteiger partial charge is 0.454 e. The van der Waals surface area contributed by atoms with Gasteiger partial charge in [-0.2, -0.15) is 0 Å². The molecule has 2 rings (SSSR count). The zero-order chi connectivity index (χ0) is 14.0. The fourth-order valence-corrected chi connectivity index (χ4v) is 2.22. The number of ether oxygens (including phenoxy) is 2. The second-order valence-electron chi connectivity index (χ2n) is 5.24. The van der Waals surface area contributed by atoms with E-state index in [1.807, 2.05) is 32.9 Å². The number of carbonyl (C=O) groups excluding carboxylic acids is 2. The standard InChI is InChI=1S/C14H17NO4/c1-9-4-11-12(19-8-18-11)5-10(9)14(2,3)7-15-13(17)6-16/h4-6H,7-8H2,1-3H3,(H,15,17). The smallest absolute Gasteiger partial charge is 0.284 e. The van der Waals surface area contributed by atoms with E-state index in [9.17, 15) is 9.59 Å². The van der Waals surface area contributed by atoms with Crippen LogP contribution in [0.2, 0.25) is 0 Å². The zero-order valence-corrected chi connectivity index (χ0v) is 11.3. The van der Waals surface area contributed by atoms with E-state index in [-0.39, 0.29) is 18.5 Å². The SMILES string of the molecule is Cc1cc2c(cc1C(C)(C)CNC(=O)C=O)OCO2. The Hall–Kier alpha value is -2.04. The van der Waals surface area contributed by atoms with Crippen LogP contribution in [-0.4, -0.2) is 25.5 Å². The van der Waals surface area contributed by atoms with Gasteiger partial charge in [0.1, 0.15) is 0 Å². The number of nitrogens with one attached hydrogen (secondary N) is 1. The molecule has 1 aromatic rings. The van der Waals surface area contributed by atoms with Gasteiger partial charge in [-0.05, 0) is 30.2 Å². The Balaban J connectivity index is 2.24. The summed E-state index contributed by atoms with van der Waals surface area (Å²) in [5.74, 6) is 0.857. The van der Waals surface area contributed by atoms with Crippen molar-refractivity contribution in [3.05, 3.63) is 23.3 Å². The molecule has 0 saturated heterocycles. The van der Waals surface area contributed by atoms with E-state index in [2.05, 4.69) is 5.32 Å². The van der Waals surface area contributed by atoms with E-state index in [0.29, 0.717) is 6.54 Å². The number of hydrogen-bond acceptors (Lipinski definition) is 4. The molecular weight excluding hydrogens is 246 g/mol. The lowest BCUT2D eigenvalue weighted by molar-refractivity contribution is -0.131. The van der Waals surface area contributed by atoms with Gasteiger partial charge in [0, 0.05) is 12.0 Å². The summed E-state index contributed by atoms with van der Waals surface area (Å²) in [6.07, 6.45) is 0.280. The van der Waals surface area contributed by atoms with Gasteiger partial charge in [0.25, 0.3) is 5.91 Å². The average Bonchev–Trinajstić information content (AvgIpc) is 2.81. The highest BCUT2D eigenvalue weighted by atomic mass is 16.7. The summed E-state index contributed by atoms with van der Waals surface area (Å²) < 4.78 is 10.7. The number of fused-ring (bicyclic) bond motifs is 1. The maximum absolute atomic E-state index is 11.0. The van der Waals surface area contributed by atoms with E-state index in [1.165, 1.54) is 0 Å². The molecule has 1 aliphatic rings. The second kappa shape index (κ2) is 4.91. The van der Waals surface area contributed by atoms with Crippen LogP contribution in [0, 0.1) is 6.92 Å². The molecule has 1 aliphatic heterocycles. The topological polar surface area (TPSA) is 64.6 Å². The highest BCUT2D eigenvalue weighted by molar-refractivity contribution is 6.23. The van der Waals surface area contributed by atoms with Crippen molar-refractivity contribution in [1.82, 2.24) is 5.32 Å². The Morgan fingerprint density at radius 2 is 2.00 bits per heavy atom. The lowest BCUT2D eigenvalue weighted by atomic mass is 9.81. The Morgan fingerprint density at radius 1 is 1.37 bits per heavy atom. The number of aldehydes is 1. The predicted octanol–water partition coefficient (Wildman–Crippen LogP) is 1.32. The Labute approximate surface area is 111 Å². The molecule has 5 heteroatoms. The van der Waals surface area contributed by atoms with Gasteiger partial charge in [0.05, 0.1) is 0 Å². The highest BCUT2D eigenvalue weighted by Crippen LogP contribution is 2.38. The highest BCUT2D eigenvalue weighted by Gasteiger charge is 2.26. The lowest BCUT2D eigenvalue weighted by Crippen LogP contribution is -2.37. The summed E-state index contributed by atoms with van der Waals surface area (Å²) in [6.45, 7) is 6.61. The van der Waals surface area contributed by atoms with Crippen molar-refractivity contribution in [2.45, 2.75) is 26.2 Å². The molecule has 0 atom stereocenters. The van der Waals surface area contributed by atoms with Gasteiger partial charge in [-0.1, -0.05) is 13.8 Å². The van der Waals surface area contributed by atoms with Gasteiger partial charge in [0.15, 0.2) is 11.5 Å². The van der Waals surface area contributed by atoms with E-state index >= 15 is 0 Å². The number of carbonyl (C=O) groups is 2. The molecule has 0 bridgehead atoms. The maximum Gasteiger partial charge on any atom is 0.284 e. The predicted molar refractivity (Wildman–Crippen MR) is 69.4 cm³/mol. The van der Waals surface area contributed by atoms with Crippen LogP contribution >= 0.6 is 0 Å². The van der Waals surface area contributed by atoms with Crippen molar-refractivity contribution in [2.24, 2.45) is 0 Å². The summed E-state index contributed by atoms with van der Waals surface area (Å²) in [5.41, 5.74) is 1.82. The maximum atomic E-state index is 11.0. The average molecular weight is 263 g/mol. The van der Waals surface area contributed by atoms with Crippen molar-refractivity contribution in [3.8, 4) is 11.5 Å². The van der Waals surface area contributed by atoms with Crippen LogP contribution in [0.1, 0.15) is 25.0 Å². The van der Waals surface area contributed by atoms with E-state index in [4.69, 9.17) is 9.47 Å². The fraction of sp³-hybridized carbons (Fsp3) is 0.429. The Kier molecular flexibility index (Phi) is 3.46. The summed E-state index contributed by atoms with van der Waals surface area (Å²) in [4.78, 5) is 21.4. The van der Waals surface area contributed by atoms with Crippen LogP contribution in [0.3, 0.4) is 0 Å². The van der Waals surface area contributed by atoms with Gasteiger partial charge in [-0.15, -0.1) is 0 Å². The molecule has 5 nitrogen and oxygen atoms in total. The molecule has 0 unspecified atom stereocenters. The van der Waals surface area contributed by atoms with Gasteiger partial charge >= 0.3 is 0 Å².